The Bertz CT molecular complexity index is 958. The normalized spacial score (nSPS) is 43.9. The number of carbonyl (C=O) groups excluding carboxylic acids is 2. The average molecular weight is 462 g/mol. The van der Waals surface area contributed by atoms with Gasteiger partial charge >= 0.3 is 29.6 Å². The number of aliphatic hydroxyl groups is 2. The summed E-state index contributed by atoms with van der Waals surface area (Å²) >= 11 is 0. The number of hydrogen-bond acceptors (Lipinski definition) is 8. The first-order chi connectivity index (χ1) is 13.8. The van der Waals surface area contributed by atoms with Gasteiger partial charge in [-0.05, 0) is 56.1 Å². The van der Waals surface area contributed by atoms with Crippen LogP contribution >= 0.6 is 0 Å². The SMILES string of the molecule is C[C@]12C=CC(=O)C=C1CCC1C2[C@@H](O)C[C@@]2(C)C1CC[C@]2(O)C(=O)COS(=O)(=O)[O-].[Na+]. The molecule has 3 unspecified atom stereocenters. The molecule has 0 aromatic rings. The number of hydrogen-bond donors (Lipinski definition) is 2. The third kappa shape index (κ3) is 3.85. The Morgan fingerprint density at radius 2 is 2.00 bits per heavy atom. The van der Waals surface area contributed by atoms with Crippen LogP contribution in [-0.2, 0) is 24.2 Å². The monoisotopic (exact) mass is 462 g/mol. The molecular weight excluding hydrogens is 435 g/mol. The number of allylic oxidation sites excluding steroid dienone is 4. The zero-order valence-electron chi connectivity index (χ0n) is 18.0. The summed E-state index contributed by atoms with van der Waals surface area (Å²) in [5.41, 5.74) is -2.28. The molecule has 0 saturated heterocycles. The van der Waals surface area contributed by atoms with E-state index in [2.05, 4.69) is 4.18 Å². The molecule has 0 aromatic carbocycles. The van der Waals surface area contributed by atoms with Gasteiger partial charge in [0.15, 0.2) is 11.6 Å². The maximum atomic E-state index is 12.7. The van der Waals surface area contributed by atoms with Crippen LogP contribution in [0, 0.1) is 28.6 Å². The van der Waals surface area contributed by atoms with E-state index in [1.807, 2.05) is 13.0 Å². The first kappa shape index (κ1) is 25.2. The smallest absolute Gasteiger partial charge is 0.726 e. The van der Waals surface area contributed by atoms with E-state index in [9.17, 15) is 32.8 Å². The first-order valence-corrected chi connectivity index (χ1v) is 11.6. The molecule has 2 N–H and O–H groups in total. The predicted molar refractivity (Wildman–Crippen MR) is 104 cm³/mol. The van der Waals surface area contributed by atoms with E-state index in [0.29, 0.717) is 12.8 Å². The standard InChI is InChI=1S/C21H28O8S.Na/c1-19-7-5-13(22)9-12(19)3-4-14-15-6-8-21(25,17(24)11-29-30(26,27)28)20(15,2)10-16(23)18(14)19;/h5,7,9,14-16,18,23,25H,3-4,6,8,10-11H2,1-2H3,(H,26,27,28);/q;+1/p-1/t14?,15?,16-,18?,19-,20-,21-;/m0./s1. The van der Waals surface area contributed by atoms with E-state index >= 15 is 0 Å². The summed E-state index contributed by atoms with van der Waals surface area (Å²) in [5.74, 6) is -1.07. The van der Waals surface area contributed by atoms with Crippen molar-refractivity contribution in [1.82, 2.24) is 0 Å². The van der Waals surface area contributed by atoms with Gasteiger partial charge in [0, 0.05) is 16.7 Å². The molecule has 0 bridgehead atoms. The minimum atomic E-state index is -5.05. The van der Waals surface area contributed by atoms with Crippen LogP contribution in [-0.4, -0.2) is 53.1 Å². The topological polar surface area (TPSA) is 141 Å². The van der Waals surface area contributed by atoms with Gasteiger partial charge in [0.2, 0.25) is 10.4 Å². The summed E-state index contributed by atoms with van der Waals surface area (Å²) in [5, 5.41) is 22.6. The number of aliphatic hydroxyl groups excluding tert-OH is 1. The zero-order valence-corrected chi connectivity index (χ0v) is 20.9. The maximum Gasteiger partial charge on any atom is 1.00 e. The number of fused-ring (bicyclic) bond motifs is 5. The molecular formula is C21H27NaO8S. The van der Waals surface area contributed by atoms with Crippen molar-refractivity contribution >= 4 is 22.0 Å². The van der Waals surface area contributed by atoms with Crippen LogP contribution in [0.25, 0.3) is 0 Å². The molecule has 3 saturated carbocycles. The van der Waals surface area contributed by atoms with Crippen molar-refractivity contribution < 1.29 is 66.5 Å². The molecule has 8 nitrogen and oxygen atoms in total. The van der Waals surface area contributed by atoms with Crippen LogP contribution in [0.15, 0.2) is 23.8 Å². The van der Waals surface area contributed by atoms with E-state index in [1.165, 1.54) is 0 Å². The van der Waals surface area contributed by atoms with E-state index in [0.717, 1.165) is 12.0 Å². The second kappa shape index (κ2) is 8.13. The fraction of sp³-hybridized carbons (Fsp3) is 0.714. The Balaban J connectivity index is 0.00000272. The van der Waals surface area contributed by atoms with E-state index < -0.39 is 45.3 Å². The van der Waals surface area contributed by atoms with Crippen LogP contribution in [0.4, 0.5) is 0 Å². The Morgan fingerprint density at radius 3 is 2.65 bits per heavy atom. The summed E-state index contributed by atoms with van der Waals surface area (Å²) in [4.78, 5) is 24.6. The van der Waals surface area contributed by atoms with Crippen molar-refractivity contribution in [2.45, 2.75) is 57.7 Å². The fourth-order valence-electron chi connectivity index (χ4n) is 7.03. The third-order valence-corrected chi connectivity index (χ3v) is 8.85. The molecule has 0 spiro atoms. The van der Waals surface area contributed by atoms with Crippen LogP contribution in [0.5, 0.6) is 0 Å². The number of Topliss-reactive ketones (excluding diaryl/α,β-unsaturated/α-hetero) is 1. The van der Waals surface area contributed by atoms with Gasteiger partial charge in [0.1, 0.15) is 12.2 Å². The van der Waals surface area contributed by atoms with Crippen LogP contribution in [0.2, 0.25) is 0 Å². The van der Waals surface area contributed by atoms with Gasteiger partial charge in [0.25, 0.3) is 0 Å². The molecule has 0 aromatic heterocycles. The average Bonchev–Trinajstić information content (AvgIpc) is 2.91. The van der Waals surface area contributed by atoms with Crippen molar-refractivity contribution in [2.24, 2.45) is 28.6 Å². The van der Waals surface area contributed by atoms with Crippen molar-refractivity contribution in [1.29, 1.82) is 0 Å². The van der Waals surface area contributed by atoms with Crippen molar-refractivity contribution in [3.05, 3.63) is 23.8 Å². The van der Waals surface area contributed by atoms with Gasteiger partial charge in [0.05, 0.1) is 6.10 Å². The molecule has 7 atom stereocenters. The summed E-state index contributed by atoms with van der Waals surface area (Å²) in [6, 6.07) is 0. The van der Waals surface area contributed by atoms with Gasteiger partial charge in [-0.25, -0.2) is 8.42 Å². The molecule has 4 aliphatic carbocycles. The summed E-state index contributed by atoms with van der Waals surface area (Å²) < 4.78 is 36.4. The molecule has 0 radical (unpaired) electrons. The van der Waals surface area contributed by atoms with E-state index in [1.54, 1.807) is 19.1 Å². The molecule has 4 aliphatic rings. The van der Waals surface area contributed by atoms with Gasteiger partial charge in [-0.15, -0.1) is 0 Å². The maximum absolute atomic E-state index is 12.7. The van der Waals surface area contributed by atoms with Gasteiger partial charge < -0.3 is 14.8 Å². The molecule has 0 aliphatic heterocycles. The fourth-order valence-corrected chi connectivity index (χ4v) is 7.29. The molecule has 0 amide bonds. The van der Waals surface area contributed by atoms with Gasteiger partial charge in [-0.3, -0.25) is 13.8 Å². The molecule has 166 valence electrons. The number of ketones is 2. The zero-order chi connectivity index (χ0) is 22.1. The summed E-state index contributed by atoms with van der Waals surface area (Å²) in [6.07, 6.45) is 6.55. The quantitative estimate of drug-likeness (QED) is 0.279. The van der Waals surface area contributed by atoms with E-state index in [4.69, 9.17) is 0 Å². The summed E-state index contributed by atoms with van der Waals surface area (Å²) in [7, 11) is -5.05. The second-order valence-corrected chi connectivity index (χ2v) is 10.8. The summed E-state index contributed by atoms with van der Waals surface area (Å²) in [6.45, 7) is 2.79. The van der Waals surface area contributed by atoms with Crippen LogP contribution < -0.4 is 29.6 Å². The van der Waals surface area contributed by atoms with Crippen molar-refractivity contribution in [3.63, 3.8) is 0 Å². The van der Waals surface area contributed by atoms with Gasteiger partial charge in [-0.2, -0.15) is 0 Å². The molecule has 4 rings (SSSR count). The predicted octanol–water partition coefficient (Wildman–Crippen LogP) is -1.95. The van der Waals surface area contributed by atoms with Crippen LogP contribution in [0.1, 0.15) is 46.0 Å². The second-order valence-electron chi connectivity index (χ2n) is 9.70. The Labute approximate surface area is 204 Å². The van der Waals surface area contributed by atoms with Crippen LogP contribution in [0.3, 0.4) is 0 Å². The minimum absolute atomic E-state index is 0. The number of carbonyl (C=O) groups is 2. The Morgan fingerprint density at radius 1 is 1.32 bits per heavy atom. The van der Waals surface area contributed by atoms with Crippen molar-refractivity contribution in [3.8, 4) is 0 Å². The molecule has 3 fully saturated rings. The largest absolute Gasteiger partial charge is 1.00 e. The third-order valence-electron chi connectivity index (χ3n) is 8.44. The Hall–Kier alpha value is -0.390. The van der Waals surface area contributed by atoms with Gasteiger partial charge in [-0.1, -0.05) is 25.5 Å². The molecule has 31 heavy (non-hydrogen) atoms. The van der Waals surface area contributed by atoms with E-state index in [-0.39, 0.29) is 65.9 Å². The Kier molecular flexibility index (Phi) is 6.62. The molecule has 10 heteroatoms. The number of rotatable bonds is 4. The van der Waals surface area contributed by atoms with Crippen molar-refractivity contribution in [2.75, 3.05) is 6.61 Å². The molecule has 0 heterocycles. The first-order valence-electron chi connectivity index (χ1n) is 10.3. The minimum Gasteiger partial charge on any atom is -0.726 e.